The summed E-state index contributed by atoms with van der Waals surface area (Å²) in [6.45, 7) is 4.23. The average molecular weight is 284 g/mol. The molecule has 2 atom stereocenters. The molecule has 2 fully saturated rings. The SMILES string of the molecule is CCC[C@]1(C)SC(NC2CCCCCCC2)NC1=O. The molecule has 0 aromatic carbocycles. The van der Waals surface area contributed by atoms with E-state index in [1.54, 1.807) is 11.8 Å². The maximum Gasteiger partial charge on any atom is 0.237 e. The van der Waals surface area contributed by atoms with Crippen LogP contribution < -0.4 is 10.6 Å². The van der Waals surface area contributed by atoms with Gasteiger partial charge in [0.05, 0.1) is 4.75 Å². The molecule has 0 aromatic heterocycles. The van der Waals surface area contributed by atoms with E-state index in [-0.39, 0.29) is 16.2 Å². The first-order valence-electron chi connectivity index (χ1n) is 7.89. The summed E-state index contributed by atoms with van der Waals surface area (Å²) in [7, 11) is 0. The molecule has 2 N–H and O–H groups in total. The number of hydrogen-bond donors (Lipinski definition) is 2. The van der Waals surface area contributed by atoms with Crippen LogP contribution in [-0.2, 0) is 4.79 Å². The van der Waals surface area contributed by atoms with Crippen LogP contribution in [0.15, 0.2) is 0 Å². The minimum atomic E-state index is -0.228. The molecular weight excluding hydrogens is 256 g/mol. The van der Waals surface area contributed by atoms with E-state index in [2.05, 4.69) is 24.5 Å². The lowest BCUT2D eigenvalue weighted by Gasteiger charge is -2.25. The highest BCUT2D eigenvalue weighted by atomic mass is 32.2. The fraction of sp³-hybridized carbons (Fsp3) is 0.933. The summed E-state index contributed by atoms with van der Waals surface area (Å²) in [6.07, 6.45) is 11.3. The maximum absolute atomic E-state index is 12.1. The molecule has 1 aliphatic heterocycles. The van der Waals surface area contributed by atoms with E-state index < -0.39 is 0 Å². The van der Waals surface area contributed by atoms with Crippen LogP contribution in [0.4, 0.5) is 0 Å². The van der Waals surface area contributed by atoms with Crippen molar-refractivity contribution in [3.63, 3.8) is 0 Å². The third kappa shape index (κ3) is 4.12. The van der Waals surface area contributed by atoms with Crippen molar-refractivity contribution < 1.29 is 4.79 Å². The third-order valence-corrected chi connectivity index (χ3v) is 5.74. The van der Waals surface area contributed by atoms with Gasteiger partial charge in [-0.1, -0.05) is 45.4 Å². The van der Waals surface area contributed by atoms with Gasteiger partial charge in [-0.05, 0) is 26.2 Å². The molecule has 1 aliphatic carbocycles. The lowest BCUT2D eigenvalue weighted by Crippen LogP contribution is -2.44. The van der Waals surface area contributed by atoms with Crippen LogP contribution in [0.5, 0.6) is 0 Å². The summed E-state index contributed by atoms with van der Waals surface area (Å²) < 4.78 is -0.228. The minimum Gasteiger partial charge on any atom is -0.331 e. The van der Waals surface area contributed by atoms with E-state index in [1.807, 2.05) is 0 Å². The summed E-state index contributed by atoms with van der Waals surface area (Å²) in [4.78, 5) is 12.1. The fourth-order valence-corrected chi connectivity index (χ4v) is 4.61. The zero-order valence-corrected chi connectivity index (χ0v) is 13.2. The first-order valence-corrected chi connectivity index (χ1v) is 8.77. The Labute approximate surface area is 121 Å². The summed E-state index contributed by atoms with van der Waals surface area (Å²) in [5.41, 5.74) is 0.119. The highest BCUT2D eigenvalue weighted by Gasteiger charge is 2.43. The van der Waals surface area contributed by atoms with Gasteiger partial charge in [0.1, 0.15) is 5.50 Å². The molecule has 0 bridgehead atoms. The summed E-state index contributed by atoms with van der Waals surface area (Å²) in [5.74, 6) is 0.211. The number of hydrogen-bond acceptors (Lipinski definition) is 3. The zero-order chi connectivity index (χ0) is 13.7. The third-order valence-electron chi connectivity index (χ3n) is 4.34. The van der Waals surface area contributed by atoms with Gasteiger partial charge in [0.15, 0.2) is 0 Å². The van der Waals surface area contributed by atoms with Gasteiger partial charge in [-0.15, -0.1) is 11.8 Å². The number of carbonyl (C=O) groups is 1. The van der Waals surface area contributed by atoms with Crippen molar-refractivity contribution in [1.82, 2.24) is 10.6 Å². The highest BCUT2D eigenvalue weighted by molar-refractivity contribution is 8.02. The Morgan fingerprint density at radius 2 is 1.89 bits per heavy atom. The van der Waals surface area contributed by atoms with Crippen LogP contribution in [0.2, 0.25) is 0 Å². The first kappa shape index (κ1) is 15.2. The van der Waals surface area contributed by atoms with Gasteiger partial charge in [0.2, 0.25) is 5.91 Å². The van der Waals surface area contributed by atoms with E-state index in [4.69, 9.17) is 0 Å². The van der Waals surface area contributed by atoms with Crippen molar-refractivity contribution in [2.45, 2.75) is 87.9 Å². The van der Waals surface area contributed by atoms with Gasteiger partial charge in [-0.3, -0.25) is 10.1 Å². The van der Waals surface area contributed by atoms with Crippen molar-refractivity contribution in [3.05, 3.63) is 0 Å². The number of amides is 1. The molecule has 0 radical (unpaired) electrons. The van der Waals surface area contributed by atoms with Crippen molar-refractivity contribution in [2.24, 2.45) is 0 Å². The predicted molar refractivity (Wildman–Crippen MR) is 82.1 cm³/mol. The second kappa shape index (κ2) is 6.98. The smallest absolute Gasteiger partial charge is 0.237 e. The van der Waals surface area contributed by atoms with Gasteiger partial charge < -0.3 is 5.32 Å². The van der Waals surface area contributed by atoms with Crippen molar-refractivity contribution in [1.29, 1.82) is 0 Å². The predicted octanol–water partition coefficient (Wildman–Crippen LogP) is 3.39. The summed E-state index contributed by atoms with van der Waals surface area (Å²) in [6, 6.07) is 0.585. The fourth-order valence-electron chi connectivity index (χ4n) is 3.18. The van der Waals surface area contributed by atoms with E-state index in [9.17, 15) is 4.79 Å². The molecule has 3 nitrogen and oxygen atoms in total. The molecular formula is C15H28N2OS. The molecule has 2 aliphatic rings. The number of nitrogens with one attached hydrogen (secondary N) is 2. The average Bonchev–Trinajstić information content (AvgIpc) is 2.58. The topological polar surface area (TPSA) is 41.1 Å². The molecule has 0 aromatic rings. The van der Waals surface area contributed by atoms with Crippen molar-refractivity contribution in [3.8, 4) is 0 Å². The van der Waals surface area contributed by atoms with Gasteiger partial charge in [-0.2, -0.15) is 0 Å². The van der Waals surface area contributed by atoms with Crippen LogP contribution in [0.3, 0.4) is 0 Å². The Balaban J connectivity index is 1.84. The largest absolute Gasteiger partial charge is 0.331 e. The van der Waals surface area contributed by atoms with E-state index in [0.29, 0.717) is 6.04 Å². The van der Waals surface area contributed by atoms with Crippen LogP contribution in [0.25, 0.3) is 0 Å². The second-order valence-corrected chi connectivity index (χ2v) is 7.77. The van der Waals surface area contributed by atoms with E-state index in [1.165, 1.54) is 44.9 Å². The Bertz CT molecular complexity index is 303. The molecule has 1 saturated heterocycles. The van der Waals surface area contributed by atoms with Crippen LogP contribution in [0.1, 0.15) is 71.6 Å². The van der Waals surface area contributed by atoms with Gasteiger partial charge >= 0.3 is 0 Å². The Morgan fingerprint density at radius 1 is 1.26 bits per heavy atom. The number of rotatable bonds is 4. The first-order chi connectivity index (χ1) is 9.14. The van der Waals surface area contributed by atoms with Crippen LogP contribution in [0, 0.1) is 0 Å². The molecule has 1 heterocycles. The molecule has 1 saturated carbocycles. The number of thioether (sulfide) groups is 1. The Hall–Kier alpha value is -0.220. The van der Waals surface area contributed by atoms with Crippen molar-refractivity contribution in [2.75, 3.05) is 0 Å². The van der Waals surface area contributed by atoms with Crippen LogP contribution >= 0.6 is 11.8 Å². The lowest BCUT2D eigenvalue weighted by atomic mass is 9.97. The van der Waals surface area contributed by atoms with Gasteiger partial charge in [-0.25, -0.2) is 0 Å². The van der Waals surface area contributed by atoms with Crippen molar-refractivity contribution >= 4 is 17.7 Å². The van der Waals surface area contributed by atoms with Gasteiger partial charge in [0, 0.05) is 6.04 Å². The molecule has 19 heavy (non-hydrogen) atoms. The minimum absolute atomic E-state index is 0.119. The molecule has 1 unspecified atom stereocenters. The summed E-state index contributed by atoms with van der Waals surface area (Å²) >= 11 is 1.78. The van der Waals surface area contributed by atoms with Crippen LogP contribution in [-0.4, -0.2) is 22.2 Å². The normalized spacial score (nSPS) is 33.8. The lowest BCUT2D eigenvalue weighted by molar-refractivity contribution is -0.122. The highest BCUT2D eigenvalue weighted by Crippen LogP contribution is 2.37. The van der Waals surface area contributed by atoms with E-state index in [0.717, 1.165) is 12.8 Å². The monoisotopic (exact) mass is 284 g/mol. The zero-order valence-electron chi connectivity index (χ0n) is 12.3. The van der Waals surface area contributed by atoms with Gasteiger partial charge in [0.25, 0.3) is 0 Å². The number of carbonyl (C=O) groups excluding carboxylic acids is 1. The molecule has 1 amide bonds. The standard InChI is InChI=1S/C15H28N2OS/c1-3-11-15(2)13(18)17-14(19-15)16-12-9-7-5-4-6-8-10-12/h12,14,16H,3-11H2,1-2H3,(H,17,18)/t14?,15-/m0/s1. The summed E-state index contributed by atoms with van der Waals surface area (Å²) in [5, 5.41) is 6.79. The maximum atomic E-state index is 12.1. The molecule has 110 valence electrons. The molecule has 0 spiro atoms. The quantitative estimate of drug-likeness (QED) is 0.831. The molecule has 4 heteroatoms. The Morgan fingerprint density at radius 3 is 2.53 bits per heavy atom. The van der Waals surface area contributed by atoms with E-state index >= 15 is 0 Å². The Kier molecular flexibility index (Phi) is 5.58. The molecule has 2 rings (SSSR count). The second-order valence-electron chi connectivity index (χ2n) is 6.16.